The predicted octanol–water partition coefficient (Wildman–Crippen LogP) is 1.67. The van der Waals surface area contributed by atoms with Crippen molar-refractivity contribution in [2.24, 2.45) is 5.92 Å². The molecule has 2 saturated heterocycles. The van der Waals surface area contributed by atoms with E-state index in [0.717, 1.165) is 25.9 Å². The molecular formula is C22H32FN3O4. The molecule has 0 radical (unpaired) electrons. The quantitative estimate of drug-likeness (QED) is 0.692. The van der Waals surface area contributed by atoms with Gasteiger partial charge in [0.1, 0.15) is 30.9 Å². The molecule has 1 aromatic carbocycles. The molecule has 2 heterocycles. The van der Waals surface area contributed by atoms with E-state index in [1.807, 2.05) is 4.90 Å². The van der Waals surface area contributed by atoms with Gasteiger partial charge in [-0.2, -0.15) is 0 Å². The van der Waals surface area contributed by atoms with Crippen LogP contribution in [0.3, 0.4) is 0 Å². The third-order valence-corrected chi connectivity index (χ3v) is 5.49. The van der Waals surface area contributed by atoms with Crippen molar-refractivity contribution in [2.75, 3.05) is 45.9 Å². The van der Waals surface area contributed by atoms with Crippen LogP contribution in [0.4, 0.5) is 4.39 Å². The molecule has 0 aliphatic carbocycles. The molecule has 3 rings (SSSR count). The maximum atomic E-state index is 13.0. The van der Waals surface area contributed by atoms with E-state index in [9.17, 15) is 14.0 Å². The third-order valence-electron chi connectivity index (χ3n) is 5.49. The third kappa shape index (κ3) is 6.67. The van der Waals surface area contributed by atoms with Gasteiger partial charge in [-0.1, -0.05) is 13.8 Å². The lowest BCUT2D eigenvalue weighted by atomic mass is 10.0. The topological polar surface area (TPSA) is 71.1 Å². The number of benzene rings is 1. The molecule has 0 saturated carbocycles. The van der Waals surface area contributed by atoms with E-state index < -0.39 is 0 Å². The Labute approximate surface area is 177 Å². The van der Waals surface area contributed by atoms with Crippen molar-refractivity contribution in [1.82, 2.24) is 15.1 Å². The van der Waals surface area contributed by atoms with Crippen molar-refractivity contribution in [3.63, 3.8) is 0 Å². The summed E-state index contributed by atoms with van der Waals surface area (Å²) in [5.74, 6) is 0.764. The average molecular weight is 422 g/mol. The fourth-order valence-corrected chi connectivity index (χ4v) is 3.79. The lowest BCUT2D eigenvalue weighted by molar-refractivity contribution is -0.155. The minimum absolute atomic E-state index is 0.00107. The fraction of sp³-hybridized carbons (Fsp3) is 0.636. The van der Waals surface area contributed by atoms with Crippen LogP contribution in [0, 0.1) is 11.7 Å². The molecule has 1 N–H and O–H groups in total. The summed E-state index contributed by atoms with van der Waals surface area (Å²) in [4.78, 5) is 28.5. The number of piperidine rings is 1. The van der Waals surface area contributed by atoms with Crippen molar-refractivity contribution in [1.29, 1.82) is 0 Å². The number of hydrogen-bond donors (Lipinski definition) is 1. The molecular weight excluding hydrogens is 389 g/mol. The summed E-state index contributed by atoms with van der Waals surface area (Å²) in [5, 5.41) is 2.95. The van der Waals surface area contributed by atoms with Gasteiger partial charge in [-0.3, -0.25) is 14.5 Å². The molecule has 0 spiro atoms. The Morgan fingerprint density at radius 1 is 1.27 bits per heavy atom. The summed E-state index contributed by atoms with van der Waals surface area (Å²) in [5.41, 5.74) is 0. The van der Waals surface area contributed by atoms with Crippen LogP contribution in [0.5, 0.6) is 5.75 Å². The number of morpholine rings is 1. The molecule has 2 aliphatic rings. The van der Waals surface area contributed by atoms with Crippen LogP contribution in [0.1, 0.15) is 26.7 Å². The van der Waals surface area contributed by atoms with E-state index in [-0.39, 0.29) is 36.4 Å². The second-order valence-electron chi connectivity index (χ2n) is 8.45. The first-order valence-electron chi connectivity index (χ1n) is 10.7. The highest BCUT2D eigenvalue weighted by atomic mass is 19.1. The molecule has 1 atom stereocenters. The Bertz CT molecular complexity index is 705. The van der Waals surface area contributed by atoms with Crippen LogP contribution in [-0.2, 0) is 14.3 Å². The van der Waals surface area contributed by atoms with Crippen molar-refractivity contribution < 1.29 is 23.5 Å². The fourth-order valence-electron chi connectivity index (χ4n) is 3.79. The lowest BCUT2D eigenvalue weighted by Crippen LogP contribution is -2.56. The smallest absolute Gasteiger partial charge is 0.248 e. The number of halogens is 1. The van der Waals surface area contributed by atoms with E-state index in [1.165, 1.54) is 12.1 Å². The molecule has 1 aromatic rings. The largest absolute Gasteiger partial charge is 0.491 e. The molecule has 2 aliphatic heterocycles. The molecule has 2 fully saturated rings. The molecule has 166 valence electrons. The molecule has 0 unspecified atom stereocenters. The van der Waals surface area contributed by atoms with Gasteiger partial charge in [0.05, 0.1) is 13.1 Å². The van der Waals surface area contributed by atoms with Gasteiger partial charge in [0.25, 0.3) is 0 Å². The minimum Gasteiger partial charge on any atom is -0.491 e. The van der Waals surface area contributed by atoms with Gasteiger partial charge in [-0.25, -0.2) is 4.39 Å². The predicted molar refractivity (Wildman–Crippen MR) is 111 cm³/mol. The van der Waals surface area contributed by atoms with Crippen molar-refractivity contribution in [3.05, 3.63) is 30.1 Å². The maximum absolute atomic E-state index is 13.0. The highest BCUT2D eigenvalue weighted by molar-refractivity contribution is 5.79. The molecule has 0 aromatic heterocycles. The lowest BCUT2D eigenvalue weighted by Gasteiger charge is -2.42. The second-order valence-corrected chi connectivity index (χ2v) is 8.45. The van der Waals surface area contributed by atoms with E-state index in [2.05, 4.69) is 24.1 Å². The Kier molecular flexibility index (Phi) is 8.04. The Hall–Kier alpha value is -2.19. The minimum atomic E-state index is -0.309. The second kappa shape index (κ2) is 10.7. The summed E-state index contributed by atoms with van der Waals surface area (Å²) in [7, 11) is 0. The van der Waals surface area contributed by atoms with Gasteiger partial charge in [-0.05, 0) is 43.0 Å². The number of rotatable bonds is 8. The number of likely N-dealkylation sites (tertiary alicyclic amines) is 1. The number of ether oxygens (including phenoxy) is 2. The Morgan fingerprint density at radius 3 is 2.63 bits per heavy atom. The van der Waals surface area contributed by atoms with Crippen molar-refractivity contribution in [2.45, 2.75) is 38.8 Å². The zero-order valence-electron chi connectivity index (χ0n) is 17.8. The Balaban J connectivity index is 1.43. The number of amides is 2. The standard InChI is InChI=1S/C22H32FN3O4/c1-16(2)11-24-21(27)13-25-9-7-18(8-10-25)26-12-20(30-15-22(26)28)14-29-19-5-3-17(23)4-6-19/h3-6,16,18,20H,7-15H2,1-2H3,(H,24,27)/t20-/m0/s1. The first-order chi connectivity index (χ1) is 14.4. The first kappa shape index (κ1) is 22.5. The van der Waals surface area contributed by atoms with Gasteiger partial charge >= 0.3 is 0 Å². The summed E-state index contributed by atoms with van der Waals surface area (Å²) in [6, 6.07) is 6.01. The summed E-state index contributed by atoms with van der Waals surface area (Å²) in [6.07, 6.45) is 1.47. The summed E-state index contributed by atoms with van der Waals surface area (Å²) >= 11 is 0. The van der Waals surface area contributed by atoms with Crippen molar-refractivity contribution >= 4 is 11.8 Å². The van der Waals surface area contributed by atoms with E-state index in [0.29, 0.717) is 37.9 Å². The van der Waals surface area contributed by atoms with Gasteiger partial charge in [0.15, 0.2) is 0 Å². The van der Waals surface area contributed by atoms with Crippen LogP contribution >= 0.6 is 0 Å². The Morgan fingerprint density at radius 2 is 1.97 bits per heavy atom. The maximum Gasteiger partial charge on any atom is 0.248 e. The average Bonchev–Trinajstić information content (AvgIpc) is 2.73. The van der Waals surface area contributed by atoms with Crippen LogP contribution in [-0.4, -0.2) is 79.7 Å². The van der Waals surface area contributed by atoms with Crippen LogP contribution in [0.2, 0.25) is 0 Å². The van der Waals surface area contributed by atoms with Crippen molar-refractivity contribution in [3.8, 4) is 5.75 Å². The van der Waals surface area contributed by atoms with Gasteiger partial charge < -0.3 is 19.7 Å². The number of carbonyl (C=O) groups is 2. The first-order valence-corrected chi connectivity index (χ1v) is 10.7. The monoisotopic (exact) mass is 421 g/mol. The SMILES string of the molecule is CC(C)CNC(=O)CN1CCC(N2C[C@@H](COc3ccc(F)cc3)OCC2=O)CC1. The van der Waals surface area contributed by atoms with Gasteiger partial charge in [0, 0.05) is 25.7 Å². The summed E-state index contributed by atoms with van der Waals surface area (Å²) in [6.45, 7) is 7.68. The molecule has 0 bridgehead atoms. The van der Waals surface area contributed by atoms with Gasteiger partial charge in [-0.15, -0.1) is 0 Å². The van der Waals surface area contributed by atoms with Crippen LogP contribution < -0.4 is 10.1 Å². The number of nitrogens with one attached hydrogen (secondary N) is 1. The number of nitrogens with zero attached hydrogens (tertiary/aromatic N) is 2. The molecule has 2 amide bonds. The molecule has 30 heavy (non-hydrogen) atoms. The summed E-state index contributed by atoms with van der Waals surface area (Å²) < 4.78 is 24.3. The zero-order valence-corrected chi connectivity index (χ0v) is 17.8. The van der Waals surface area contributed by atoms with Crippen LogP contribution in [0.25, 0.3) is 0 Å². The zero-order chi connectivity index (χ0) is 21.5. The normalized spacial score (nSPS) is 21.1. The number of hydrogen-bond acceptors (Lipinski definition) is 5. The number of carbonyl (C=O) groups excluding carboxylic acids is 2. The van der Waals surface area contributed by atoms with E-state index >= 15 is 0 Å². The molecule has 7 nitrogen and oxygen atoms in total. The highest BCUT2D eigenvalue weighted by Gasteiger charge is 2.34. The van der Waals surface area contributed by atoms with Gasteiger partial charge in [0.2, 0.25) is 11.8 Å². The van der Waals surface area contributed by atoms with E-state index in [4.69, 9.17) is 9.47 Å². The van der Waals surface area contributed by atoms with E-state index in [1.54, 1.807) is 12.1 Å². The van der Waals surface area contributed by atoms with Crippen LogP contribution in [0.15, 0.2) is 24.3 Å². The molecule has 8 heteroatoms. The highest BCUT2D eigenvalue weighted by Crippen LogP contribution is 2.21.